The summed E-state index contributed by atoms with van der Waals surface area (Å²) >= 11 is 6.33. The van der Waals surface area contributed by atoms with Gasteiger partial charge in [-0.25, -0.2) is 5.43 Å². The van der Waals surface area contributed by atoms with Gasteiger partial charge in [0.15, 0.2) is 11.5 Å². The Bertz CT molecular complexity index is 632. The zero-order valence-corrected chi connectivity index (χ0v) is 13.9. The van der Waals surface area contributed by atoms with E-state index >= 15 is 0 Å². The Labute approximate surface area is 142 Å². The predicted molar refractivity (Wildman–Crippen MR) is 95.2 cm³/mol. The first-order chi connectivity index (χ1) is 11.2. The number of hydrogen-bond donors (Lipinski definition) is 2. The van der Waals surface area contributed by atoms with Crippen LogP contribution in [0.25, 0.3) is 0 Å². The predicted octanol–water partition coefficient (Wildman–Crippen LogP) is 4.42. The van der Waals surface area contributed by atoms with Crippen LogP contribution in [-0.2, 0) is 6.54 Å². The van der Waals surface area contributed by atoms with Gasteiger partial charge in [-0.3, -0.25) is 0 Å². The van der Waals surface area contributed by atoms with Crippen LogP contribution < -0.4 is 20.3 Å². The lowest BCUT2D eigenvalue weighted by atomic mass is 10.2. The molecule has 0 unspecified atom stereocenters. The van der Waals surface area contributed by atoms with Gasteiger partial charge in [-0.2, -0.15) is 0 Å². The second kappa shape index (κ2) is 9.08. The van der Waals surface area contributed by atoms with Crippen molar-refractivity contribution in [2.24, 2.45) is 0 Å². The first-order valence-corrected chi connectivity index (χ1v) is 7.85. The van der Waals surface area contributed by atoms with Crippen LogP contribution in [0.15, 0.2) is 55.1 Å². The summed E-state index contributed by atoms with van der Waals surface area (Å²) in [5.41, 5.74) is 8.18. The number of hydrogen-bond acceptors (Lipinski definition) is 4. The van der Waals surface area contributed by atoms with Crippen molar-refractivity contribution < 1.29 is 9.47 Å². The fourth-order valence-corrected chi connectivity index (χ4v) is 2.23. The molecule has 0 heterocycles. The SMILES string of the molecule is C=CCOc1cc(Cl)c(CNNc2ccccc2)cc1OCC. The molecular weight excluding hydrogens is 312 g/mol. The van der Waals surface area contributed by atoms with Gasteiger partial charge in [0.2, 0.25) is 0 Å². The quantitative estimate of drug-likeness (QED) is 0.527. The lowest BCUT2D eigenvalue weighted by Gasteiger charge is -2.15. The molecule has 0 fully saturated rings. The van der Waals surface area contributed by atoms with Gasteiger partial charge in [0.1, 0.15) is 6.61 Å². The number of ether oxygens (including phenoxy) is 2. The molecule has 2 N–H and O–H groups in total. The van der Waals surface area contributed by atoms with Crippen molar-refractivity contribution in [1.82, 2.24) is 5.43 Å². The molecule has 0 aliphatic heterocycles. The van der Waals surface area contributed by atoms with Gasteiger partial charge in [-0.15, -0.1) is 0 Å². The molecule has 0 aromatic heterocycles. The van der Waals surface area contributed by atoms with Gasteiger partial charge in [0.25, 0.3) is 0 Å². The third kappa shape index (κ3) is 5.20. The Morgan fingerprint density at radius 3 is 2.57 bits per heavy atom. The van der Waals surface area contributed by atoms with E-state index in [1.165, 1.54) is 0 Å². The van der Waals surface area contributed by atoms with Crippen LogP contribution >= 0.6 is 11.6 Å². The summed E-state index contributed by atoms with van der Waals surface area (Å²) in [6.07, 6.45) is 1.68. The lowest BCUT2D eigenvalue weighted by molar-refractivity contribution is 0.296. The molecule has 0 saturated heterocycles. The summed E-state index contributed by atoms with van der Waals surface area (Å²) in [7, 11) is 0. The Balaban J connectivity index is 2.05. The highest BCUT2D eigenvalue weighted by Gasteiger charge is 2.11. The molecule has 2 aromatic rings. The summed E-state index contributed by atoms with van der Waals surface area (Å²) in [5, 5.41) is 0.620. The van der Waals surface area contributed by atoms with Crippen molar-refractivity contribution in [2.75, 3.05) is 18.6 Å². The molecule has 2 aromatic carbocycles. The summed E-state index contributed by atoms with van der Waals surface area (Å²) < 4.78 is 11.2. The summed E-state index contributed by atoms with van der Waals surface area (Å²) in [5.74, 6) is 1.30. The standard InChI is InChI=1S/C18H21ClN2O2/c1-3-10-23-18-12-16(19)14(11-17(18)22-4-2)13-20-21-15-8-6-5-7-9-15/h3,5-9,11-12,20-21H,1,4,10,13H2,2H3. The lowest BCUT2D eigenvalue weighted by Crippen LogP contribution is -2.21. The third-order valence-electron chi connectivity index (χ3n) is 3.05. The highest BCUT2D eigenvalue weighted by molar-refractivity contribution is 6.31. The van der Waals surface area contributed by atoms with E-state index in [9.17, 15) is 0 Å². The number of hydrazine groups is 1. The Morgan fingerprint density at radius 1 is 1.13 bits per heavy atom. The van der Waals surface area contributed by atoms with Crippen LogP contribution in [0, 0.1) is 0 Å². The van der Waals surface area contributed by atoms with Gasteiger partial charge >= 0.3 is 0 Å². The summed E-state index contributed by atoms with van der Waals surface area (Å²) in [6, 6.07) is 13.5. The number of benzene rings is 2. The van der Waals surface area contributed by atoms with Gasteiger partial charge in [0.05, 0.1) is 6.61 Å². The van der Waals surface area contributed by atoms with Crippen LogP contribution in [0.1, 0.15) is 12.5 Å². The zero-order chi connectivity index (χ0) is 16.5. The minimum absolute atomic E-state index is 0.406. The van der Waals surface area contributed by atoms with Crippen LogP contribution in [0.4, 0.5) is 5.69 Å². The minimum atomic E-state index is 0.406. The highest BCUT2D eigenvalue weighted by Crippen LogP contribution is 2.33. The minimum Gasteiger partial charge on any atom is -0.490 e. The summed E-state index contributed by atoms with van der Waals surface area (Å²) in [4.78, 5) is 0. The molecule has 0 spiro atoms. The fourth-order valence-electron chi connectivity index (χ4n) is 2.01. The molecule has 23 heavy (non-hydrogen) atoms. The number of rotatable bonds is 9. The number of nitrogens with one attached hydrogen (secondary N) is 2. The molecule has 0 saturated carbocycles. The van der Waals surface area contributed by atoms with Crippen molar-refractivity contribution in [3.63, 3.8) is 0 Å². The van der Waals surface area contributed by atoms with E-state index in [2.05, 4.69) is 17.4 Å². The third-order valence-corrected chi connectivity index (χ3v) is 3.41. The molecule has 0 amide bonds. The van der Waals surface area contributed by atoms with Gasteiger partial charge in [-0.05, 0) is 30.7 Å². The Hall–Kier alpha value is -2.17. The van der Waals surface area contributed by atoms with E-state index in [4.69, 9.17) is 21.1 Å². The smallest absolute Gasteiger partial charge is 0.163 e. The molecule has 0 radical (unpaired) electrons. The van der Waals surface area contributed by atoms with Crippen LogP contribution in [0.2, 0.25) is 5.02 Å². The molecule has 0 atom stereocenters. The van der Waals surface area contributed by atoms with E-state index < -0.39 is 0 Å². The van der Waals surface area contributed by atoms with Crippen molar-refractivity contribution >= 4 is 17.3 Å². The molecule has 0 bridgehead atoms. The molecule has 5 heteroatoms. The van der Waals surface area contributed by atoms with Crippen molar-refractivity contribution in [3.05, 3.63) is 65.7 Å². The first-order valence-electron chi connectivity index (χ1n) is 7.47. The number of halogens is 1. The van der Waals surface area contributed by atoms with Crippen molar-refractivity contribution in [1.29, 1.82) is 0 Å². The molecule has 0 aliphatic rings. The van der Waals surface area contributed by atoms with E-state index in [-0.39, 0.29) is 0 Å². The van der Waals surface area contributed by atoms with Crippen molar-refractivity contribution in [3.8, 4) is 11.5 Å². The zero-order valence-electron chi connectivity index (χ0n) is 13.1. The maximum absolute atomic E-state index is 6.33. The van der Waals surface area contributed by atoms with Gasteiger partial charge in [0, 0.05) is 23.3 Å². The average Bonchev–Trinajstić information content (AvgIpc) is 2.57. The second-order valence-corrected chi connectivity index (χ2v) is 5.17. The topological polar surface area (TPSA) is 42.5 Å². The van der Waals surface area contributed by atoms with E-state index in [1.54, 1.807) is 12.1 Å². The molecule has 2 rings (SSSR count). The first kappa shape index (κ1) is 17.2. The molecule has 4 nitrogen and oxygen atoms in total. The van der Waals surface area contributed by atoms with Gasteiger partial charge in [-0.1, -0.05) is 42.5 Å². The van der Waals surface area contributed by atoms with Crippen LogP contribution in [0.5, 0.6) is 11.5 Å². The normalized spacial score (nSPS) is 10.2. The van der Waals surface area contributed by atoms with Crippen molar-refractivity contribution in [2.45, 2.75) is 13.5 Å². The van der Waals surface area contributed by atoms with E-state index in [0.29, 0.717) is 36.3 Å². The van der Waals surface area contributed by atoms with E-state index in [1.807, 2.05) is 43.3 Å². The number of anilines is 1. The molecule has 0 aliphatic carbocycles. The Kier molecular flexibility index (Phi) is 6.78. The fraction of sp³-hybridized carbons (Fsp3) is 0.222. The maximum atomic E-state index is 6.33. The number of para-hydroxylation sites is 1. The average molecular weight is 333 g/mol. The van der Waals surface area contributed by atoms with Crippen LogP contribution in [0.3, 0.4) is 0 Å². The summed E-state index contributed by atoms with van der Waals surface area (Å²) in [6.45, 7) is 7.09. The van der Waals surface area contributed by atoms with Crippen LogP contribution in [-0.4, -0.2) is 13.2 Å². The molecular formula is C18H21ClN2O2. The maximum Gasteiger partial charge on any atom is 0.163 e. The Morgan fingerprint density at radius 2 is 1.87 bits per heavy atom. The largest absolute Gasteiger partial charge is 0.490 e. The highest BCUT2D eigenvalue weighted by atomic mass is 35.5. The van der Waals surface area contributed by atoms with Gasteiger partial charge < -0.3 is 14.9 Å². The molecule has 122 valence electrons. The van der Waals surface area contributed by atoms with E-state index in [0.717, 1.165) is 11.3 Å². The monoisotopic (exact) mass is 332 g/mol. The second-order valence-electron chi connectivity index (χ2n) is 4.77.